The van der Waals surface area contributed by atoms with E-state index in [0.717, 1.165) is 38.9 Å². The van der Waals surface area contributed by atoms with Gasteiger partial charge in [0.25, 0.3) is 0 Å². The van der Waals surface area contributed by atoms with Crippen LogP contribution in [0, 0.1) is 6.92 Å². The number of nitrogens with zero attached hydrogens (tertiary/aromatic N) is 2. The molecule has 1 spiro atoms. The van der Waals surface area contributed by atoms with Crippen LogP contribution in [0.2, 0.25) is 0 Å². The van der Waals surface area contributed by atoms with Gasteiger partial charge in [-0.2, -0.15) is 0 Å². The van der Waals surface area contributed by atoms with Crippen LogP contribution in [0.15, 0.2) is 11.4 Å². The van der Waals surface area contributed by atoms with Gasteiger partial charge < -0.3 is 15.0 Å². The molecule has 2 fully saturated rings. The van der Waals surface area contributed by atoms with Crippen LogP contribution in [0.5, 0.6) is 0 Å². The van der Waals surface area contributed by atoms with Crippen molar-refractivity contribution in [2.75, 3.05) is 33.7 Å². The molecular formula is C18H29N3O2S. The van der Waals surface area contributed by atoms with E-state index in [1.807, 2.05) is 11.3 Å². The fraction of sp³-hybridized carbons (Fsp3) is 0.722. The molecule has 0 radical (unpaired) electrons. The third kappa shape index (κ3) is 4.10. The van der Waals surface area contributed by atoms with E-state index in [9.17, 15) is 4.79 Å². The molecule has 2 aliphatic rings. The summed E-state index contributed by atoms with van der Waals surface area (Å²) in [6, 6.07) is 2.16. The largest absolute Gasteiger partial charge is 0.369 e. The number of aryl methyl sites for hydroxylation is 1. The lowest BCUT2D eigenvalue weighted by molar-refractivity contribution is -0.118. The maximum atomic E-state index is 11.7. The maximum Gasteiger partial charge on any atom is 0.316 e. The Morgan fingerprint density at radius 1 is 1.50 bits per heavy atom. The molecule has 2 amide bonds. The molecule has 0 bridgehead atoms. The zero-order chi connectivity index (χ0) is 17.2. The molecule has 24 heavy (non-hydrogen) atoms. The minimum Gasteiger partial charge on any atom is -0.369 e. The molecule has 0 aliphatic carbocycles. The number of ether oxygens (including phenoxy) is 1. The molecule has 1 N–H and O–H groups in total. The van der Waals surface area contributed by atoms with Crippen LogP contribution in [-0.4, -0.2) is 61.3 Å². The van der Waals surface area contributed by atoms with Crippen LogP contribution < -0.4 is 5.32 Å². The fourth-order valence-electron chi connectivity index (χ4n) is 3.76. The average molecular weight is 352 g/mol. The molecule has 3 heterocycles. The number of rotatable bonds is 4. The first-order chi connectivity index (χ1) is 11.5. The Balaban J connectivity index is 1.52. The van der Waals surface area contributed by atoms with E-state index in [-0.39, 0.29) is 17.7 Å². The van der Waals surface area contributed by atoms with Gasteiger partial charge >= 0.3 is 6.03 Å². The summed E-state index contributed by atoms with van der Waals surface area (Å²) in [6.45, 7) is 5.97. The lowest BCUT2D eigenvalue weighted by Crippen LogP contribution is -2.48. The molecule has 2 atom stereocenters. The van der Waals surface area contributed by atoms with E-state index in [0.29, 0.717) is 6.54 Å². The predicted molar refractivity (Wildman–Crippen MR) is 97.5 cm³/mol. The second-order valence-corrected chi connectivity index (χ2v) is 8.38. The summed E-state index contributed by atoms with van der Waals surface area (Å²) in [7, 11) is 3.53. The number of likely N-dealkylation sites (tertiary alicyclic amines) is 1. The van der Waals surface area contributed by atoms with E-state index in [1.54, 1.807) is 19.0 Å². The highest BCUT2D eigenvalue weighted by Gasteiger charge is 2.43. The molecule has 0 saturated carbocycles. The van der Waals surface area contributed by atoms with Crippen LogP contribution in [0.25, 0.3) is 0 Å². The minimum absolute atomic E-state index is 0.00305. The van der Waals surface area contributed by atoms with Crippen molar-refractivity contribution in [1.82, 2.24) is 15.1 Å². The SMILES string of the molecule is Cc1ccsc1CN1CC[C@@]2(CCC[C@@H](CNC(=O)N(C)C)O2)C1. The Bertz CT molecular complexity index is 574. The van der Waals surface area contributed by atoms with Crippen molar-refractivity contribution < 1.29 is 9.53 Å². The fourth-order valence-corrected chi connectivity index (χ4v) is 4.71. The number of hydrogen-bond acceptors (Lipinski definition) is 4. The van der Waals surface area contributed by atoms with Gasteiger partial charge in [0.15, 0.2) is 0 Å². The van der Waals surface area contributed by atoms with Crippen molar-refractivity contribution >= 4 is 17.4 Å². The van der Waals surface area contributed by atoms with Crippen LogP contribution >= 0.6 is 11.3 Å². The first-order valence-electron chi connectivity index (χ1n) is 8.86. The summed E-state index contributed by atoms with van der Waals surface area (Å²) >= 11 is 1.85. The number of carbonyl (C=O) groups is 1. The molecule has 2 aliphatic heterocycles. The van der Waals surface area contributed by atoms with Crippen LogP contribution in [0.3, 0.4) is 0 Å². The number of carbonyl (C=O) groups excluding carboxylic acids is 1. The molecule has 0 aromatic carbocycles. The number of thiophene rings is 1. The van der Waals surface area contributed by atoms with E-state index in [2.05, 4.69) is 28.6 Å². The number of nitrogens with one attached hydrogen (secondary N) is 1. The van der Waals surface area contributed by atoms with Crippen molar-refractivity contribution in [2.45, 2.75) is 50.9 Å². The van der Waals surface area contributed by atoms with Gasteiger partial charge in [-0.3, -0.25) is 4.90 Å². The van der Waals surface area contributed by atoms with Gasteiger partial charge in [0.1, 0.15) is 0 Å². The monoisotopic (exact) mass is 351 g/mol. The maximum absolute atomic E-state index is 11.7. The van der Waals surface area contributed by atoms with Crippen molar-refractivity contribution in [3.8, 4) is 0 Å². The third-order valence-corrected chi connectivity index (χ3v) is 6.20. The van der Waals surface area contributed by atoms with Gasteiger partial charge in [0.05, 0.1) is 11.7 Å². The molecule has 134 valence electrons. The minimum atomic E-state index is -0.0422. The molecule has 1 aromatic heterocycles. The van der Waals surface area contributed by atoms with Gasteiger partial charge in [-0.25, -0.2) is 4.79 Å². The van der Waals surface area contributed by atoms with E-state index in [4.69, 9.17) is 4.74 Å². The Hall–Kier alpha value is -1.11. The normalized spacial score (nSPS) is 27.5. The first kappa shape index (κ1) is 17.7. The Kier molecular flexibility index (Phi) is 5.47. The van der Waals surface area contributed by atoms with Gasteiger partial charge in [0, 0.05) is 45.2 Å². The molecule has 6 heteroatoms. The van der Waals surface area contributed by atoms with Gasteiger partial charge in [0.2, 0.25) is 0 Å². The zero-order valence-electron chi connectivity index (χ0n) is 15.0. The average Bonchev–Trinajstić information content (AvgIpc) is 3.12. The van der Waals surface area contributed by atoms with Crippen LogP contribution in [0.4, 0.5) is 4.79 Å². The van der Waals surface area contributed by atoms with Crippen molar-refractivity contribution in [2.24, 2.45) is 0 Å². The van der Waals surface area contributed by atoms with E-state index in [1.165, 1.54) is 16.9 Å². The summed E-state index contributed by atoms with van der Waals surface area (Å²) in [5, 5.41) is 5.14. The Labute approximate surface area is 149 Å². The zero-order valence-corrected chi connectivity index (χ0v) is 15.8. The van der Waals surface area contributed by atoms with Crippen LogP contribution in [0.1, 0.15) is 36.1 Å². The molecule has 3 rings (SSSR count). The summed E-state index contributed by atoms with van der Waals surface area (Å²) in [5.41, 5.74) is 1.39. The summed E-state index contributed by atoms with van der Waals surface area (Å²) in [6.07, 6.45) is 4.63. The first-order valence-corrected chi connectivity index (χ1v) is 9.74. The number of amides is 2. The third-order valence-electron chi connectivity index (χ3n) is 5.19. The lowest BCUT2D eigenvalue weighted by Gasteiger charge is -2.39. The van der Waals surface area contributed by atoms with Crippen molar-refractivity contribution in [3.63, 3.8) is 0 Å². The van der Waals surface area contributed by atoms with Crippen molar-refractivity contribution in [3.05, 3.63) is 21.9 Å². The Morgan fingerprint density at radius 2 is 2.33 bits per heavy atom. The molecular weight excluding hydrogens is 322 g/mol. The van der Waals surface area contributed by atoms with Crippen molar-refractivity contribution in [1.29, 1.82) is 0 Å². The molecule has 5 nitrogen and oxygen atoms in total. The summed E-state index contributed by atoms with van der Waals surface area (Å²) in [5.74, 6) is 0. The predicted octanol–water partition coefficient (Wildman–Crippen LogP) is 2.84. The molecule has 0 unspecified atom stereocenters. The topological polar surface area (TPSA) is 44.8 Å². The smallest absolute Gasteiger partial charge is 0.316 e. The highest BCUT2D eigenvalue weighted by atomic mass is 32.1. The van der Waals surface area contributed by atoms with E-state index < -0.39 is 0 Å². The quantitative estimate of drug-likeness (QED) is 0.907. The molecule has 2 saturated heterocycles. The highest BCUT2D eigenvalue weighted by molar-refractivity contribution is 7.10. The Morgan fingerprint density at radius 3 is 3.04 bits per heavy atom. The van der Waals surface area contributed by atoms with Gasteiger partial charge in [-0.1, -0.05) is 0 Å². The lowest BCUT2D eigenvalue weighted by atomic mass is 9.90. The van der Waals surface area contributed by atoms with Gasteiger partial charge in [-0.05, 0) is 49.6 Å². The summed E-state index contributed by atoms with van der Waals surface area (Å²) in [4.78, 5) is 17.3. The number of urea groups is 1. The standard InChI is InChI=1S/C18H29N3O2S/c1-14-6-10-24-16(14)12-21-9-8-18(13-21)7-4-5-15(23-18)11-19-17(22)20(2)3/h6,10,15H,4-5,7-9,11-13H2,1-3H3,(H,19,22)/t15-,18-/m0/s1. The number of hydrogen-bond donors (Lipinski definition) is 1. The second-order valence-electron chi connectivity index (χ2n) is 7.38. The summed E-state index contributed by atoms with van der Waals surface area (Å²) < 4.78 is 6.47. The van der Waals surface area contributed by atoms with E-state index >= 15 is 0 Å². The van der Waals surface area contributed by atoms with Gasteiger partial charge in [-0.15, -0.1) is 11.3 Å². The highest BCUT2D eigenvalue weighted by Crippen LogP contribution is 2.37. The van der Waals surface area contributed by atoms with Crippen LogP contribution in [-0.2, 0) is 11.3 Å². The second kappa shape index (κ2) is 7.42. The molecule has 1 aromatic rings.